The van der Waals surface area contributed by atoms with Gasteiger partial charge in [0.25, 0.3) is 11.8 Å². The molecule has 3 aromatic rings. The summed E-state index contributed by atoms with van der Waals surface area (Å²) in [7, 11) is 5.38. The second-order valence-corrected chi connectivity index (χ2v) is 10.1. The van der Waals surface area contributed by atoms with Crippen molar-refractivity contribution in [2.24, 2.45) is 11.7 Å². The minimum absolute atomic E-state index is 0.0134. The van der Waals surface area contributed by atoms with Gasteiger partial charge in [-0.3, -0.25) is 19.3 Å². The van der Waals surface area contributed by atoms with Gasteiger partial charge in [-0.25, -0.2) is 0 Å². The molecule has 38 heavy (non-hydrogen) atoms. The first-order valence-corrected chi connectivity index (χ1v) is 12.9. The summed E-state index contributed by atoms with van der Waals surface area (Å²) < 4.78 is 9.27. The number of hydrogen-bond donors (Lipinski definition) is 3. The summed E-state index contributed by atoms with van der Waals surface area (Å²) in [5, 5.41) is 2.98. The maximum Gasteiger partial charge on any atom is 0.273 e. The van der Waals surface area contributed by atoms with Gasteiger partial charge >= 0.3 is 0 Å². The molecule has 3 rings (SSSR count). The first-order chi connectivity index (χ1) is 18.0. The van der Waals surface area contributed by atoms with Crippen molar-refractivity contribution in [1.82, 2.24) is 9.69 Å². The van der Waals surface area contributed by atoms with E-state index in [4.69, 9.17) is 16.2 Å². The predicted molar refractivity (Wildman–Crippen MR) is 151 cm³/mol. The van der Waals surface area contributed by atoms with E-state index in [9.17, 15) is 14.4 Å². The molecule has 1 heterocycles. The molecule has 10 nitrogen and oxygen atoms in total. The zero-order chi connectivity index (χ0) is 28.0. The number of benzene rings is 2. The molecule has 0 aliphatic carbocycles. The Bertz CT molecular complexity index is 1270. The first-order valence-electron chi connectivity index (χ1n) is 12.1. The zero-order valence-electron chi connectivity index (χ0n) is 22.2. The van der Waals surface area contributed by atoms with Crippen LogP contribution in [0.25, 0.3) is 0 Å². The number of ether oxygens (including phenoxy) is 1. The van der Waals surface area contributed by atoms with Gasteiger partial charge < -0.3 is 26.4 Å². The van der Waals surface area contributed by atoms with E-state index in [1.165, 1.54) is 4.90 Å². The molecule has 1 atom stereocenters. The molecular formula is C27H34N6O4S. The summed E-state index contributed by atoms with van der Waals surface area (Å²) in [5.41, 5.74) is 13.2. The SMILES string of the molecule is COc1ccc(N(C(=O)c2snc(C(N)=O)c2N)[C@H](C(=O)NCCC(C)C)c2ccc(N(C)C)cc2)cc1. The number of nitrogens with two attached hydrogens (primary N) is 2. The van der Waals surface area contributed by atoms with Crippen molar-refractivity contribution in [1.29, 1.82) is 0 Å². The maximum absolute atomic E-state index is 14.1. The van der Waals surface area contributed by atoms with Gasteiger partial charge in [0.1, 0.15) is 16.7 Å². The lowest BCUT2D eigenvalue weighted by molar-refractivity contribution is -0.122. The van der Waals surface area contributed by atoms with Gasteiger partial charge in [0.15, 0.2) is 5.69 Å². The minimum atomic E-state index is -1.04. The number of carbonyl (C=O) groups is 3. The van der Waals surface area contributed by atoms with Gasteiger partial charge in [-0.05, 0) is 65.8 Å². The highest BCUT2D eigenvalue weighted by molar-refractivity contribution is 7.09. The number of aromatic nitrogens is 1. The number of nitrogens with zero attached hydrogens (tertiary/aromatic N) is 3. The molecule has 0 spiro atoms. The zero-order valence-corrected chi connectivity index (χ0v) is 23.0. The van der Waals surface area contributed by atoms with E-state index in [0.717, 1.165) is 23.6 Å². The minimum Gasteiger partial charge on any atom is -0.497 e. The average molecular weight is 539 g/mol. The molecule has 11 heteroatoms. The maximum atomic E-state index is 14.1. The molecule has 0 bridgehead atoms. The van der Waals surface area contributed by atoms with Crippen LogP contribution in [0.5, 0.6) is 5.75 Å². The van der Waals surface area contributed by atoms with Crippen LogP contribution in [0.4, 0.5) is 17.1 Å². The lowest BCUT2D eigenvalue weighted by Crippen LogP contribution is -2.44. The Hall–Kier alpha value is -4.12. The Balaban J connectivity index is 2.17. The molecule has 0 unspecified atom stereocenters. The number of primary amides is 1. The van der Waals surface area contributed by atoms with Gasteiger partial charge in [0.05, 0.1) is 12.8 Å². The molecule has 0 saturated heterocycles. The summed E-state index contributed by atoms with van der Waals surface area (Å²) in [6.45, 7) is 4.58. The summed E-state index contributed by atoms with van der Waals surface area (Å²) in [6, 6.07) is 13.1. The molecule has 0 aliphatic heterocycles. The lowest BCUT2D eigenvalue weighted by atomic mass is 10.0. The van der Waals surface area contributed by atoms with Crippen LogP contribution in [0.15, 0.2) is 48.5 Å². The van der Waals surface area contributed by atoms with Crippen LogP contribution in [0.3, 0.4) is 0 Å². The van der Waals surface area contributed by atoms with E-state index < -0.39 is 17.9 Å². The molecule has 3 amide bonds. The average Bonchev–Trinajstić information content (AvgIpc) is 3.28. The van der Waals surface area contributed by atoms with E-state index in [2.05, 4.69) is 23.5 Å². The molecule has 5 N–H and O–H groups in total. The number of carbonyl (C=O) groups excluding carboxylic acids is 3. The summed E-state index contributed by atoms with van der Waals surface area (Å²) in [4.78, 5) is 42.9. The molecule has 0 fully saturated rings. The van der Waals surface area contributed by atoms with Crippen LogP contribution in [0.2, 0.25) is 0 Å². The standard InChI is InChI=1S/C27H34N6O4S/c1-16(2)14-15-30-26(35)23(17-6-8-18(9-7-17)32(3)4)33(19-10-12-20(37-5)13-11-19)27(36)24-21(28)22(25(29)34)31-38-24/h6-13,16,23H,14-15,28H2,1-5H3,(H2,29,34)(H,30,35)/t23-/m0/s1. The fourth-order valence-corrected chi connectivity index (χ4v) is 4.56. The Morgan fingerprint density at radius 3 is 2.13 bits per heavy atom. The van der Waals surface area contributed by atoms with Gasteiger partial charge in [-0.2, -0.15) is 4.37 Å². The summed E-state index contributed by atoms with van der Waals surface area (Å²) >= 11 is 0.766. The van der Waals surface area contributed by atoms with Crippen molar-refractivity contribution in [3.8, 4) is 5.75 Å². The van der Waals surface area contributed by atoms with Crippen molar-refractivity contribution >= 4 is 46.3 Å². The van der Waals surface area contributed by atoms with E-state index >= 15 is 0 Å². The van der Waals surface area contributed by atoms with Crippen molar-refractivity contribution < 1.29 is 19.1 Å². The second-order valence-electron chi connectivity index (χ2n) is 9.37. The fraction of sp³-hybridized carbons (Fsp3) is 0.333. The molecule has 2 aromatic carbocycles. The van der Waals surface area contributed by atoms with E-state index in [1.54, 1.807) is 31.4 Å². The van der Waals surface area contributed by atoms with E-state index in [-0.39, 0.29) is 22.2 Å². The highest BCUT2D eigenvalue weighted by Gasteiger charge is 2.36. The molecule has 0 saturated carbocycles. The van der Waals surface area contributed by atoms with Crippen LogP contribution in [-0.4, -0.2) is 49.8 Å². The smallest absolute Gasteiger partial charge is 0.273 e. The Morgan fingerprint density at radius 1 is 1.03 bits per heavy atom. The number of hydrogen-bond acceptors (Lipinski definition) is 8. The summed E-state index contributed by atoms with van der Waals surface area (Å²) in [6.07, 6.45) is 0.776. The van der Waals surface area contributed by atoms with Crippen molar-refractivity contribution in [2.75, 3.05) is 43.3 Å². The quantitative estimate of drug-likeness (QED) is 0.339. The van der Waals surface area contributed by atoms with Gasteiger partial charge in [-0.15, -0.1) is 0 Å². The Labute approximate surface area is 226 Å². The first kappa shape index (κ1) is 28.5. The van der Waals surface area contributed by atoms with Crippen LogP contribution in [0.1, 0.15) is 52.0 Å². The third kappa shape index (κ3) is 6.41. The van der Waals surface area contributed by atoms with Crippen molar-refractivity contribution in [2.45, 2.75) is 26.3 Å². The van der Waals surface area contributed by atoms with Gasteiger partial charge in [0.2, 0.25) is 5.91 Å². The van der Waals surface area contributed by atoms with Crippen LogP contribution in [-0.2, 0) is 4.79 Å². The topological polar surface area (TPSA) is 144 Å². The van der Waals surface area contributed by atoms with Crippen molar-refractivity contribution in [3.63, 3.8) is 0 Å². The summed E-state index contributed by atoms with van der Waals surface area (Å²) in [5.74, 6) is -0.806. The Kier molecular flexibility index (Phi) is 9.30. The number of anilines is 3. The molecule has 1 aromatic heterocycles. The van der Waals surface area contributed by atoms with Gasteiger partial charge in [0, 0.05) is 32.0 Å². The Morgan fingerprint density at radius 2 is 1.63 bits per heavy atom. The second kappa shape index (κ2) is 12.4. The van der Waals surface area contributed by atoms with Gasteiger partial charge in [-0.1, -0.05) is 26.0 Å². The molecular weight excluding hydrogens is 504 g/mol. The normalized spacial score (nSPS) is 11.6. The monoisotopic (exact) mass is 538 g/mol. The largest absolute Gasteiger partial charge is 0.497 e. The van der Waals surface area contributed by atoms with E-state index in [1.807, 2.05) is 43.3 Å². The number of nitrogens with one attached hydrogen (secondary N) is 1. The number of nitrogen functional groups attached to an aromatic ring is 1. The third-order valence-electron chi connectivity index (χ3n) is 5.98. The van der Waals surface area contributed by atoms with Crippen molar-refractivity contribution in [3.05, 3.63) is 64.7 Å². The third-order valence-corrected chi connectivity index (χ3v) is 6.83. The molecule has 202 valence electrons. The highest BCUT2D eigenvalue weighted by atomic mass is 32.1. The lowest BCUT2D eigenvalue weighted by Gasteiger charge is -2.31. The number of rotatable bonds is 11. The highest BCUT2D eigenvalue weighted by Crippen LogP contribution is 2.34. The predicted octanol–water partition coefficient (Wildman–Crippen LogP) is 3.45. The van der Waals surface area contributed by atoms with Crippen LogP contribution < -0.4 is 31.3 Å². The van der Waals surface area contributed by atoms with Crippen LogP contribution >= 0.6 is 11.5 Å². The van der Waals surface area contributed by atoms with E-state index in [0.29, 0.717) is 29.5 Å². The van der Waals surface area contributed by atoms with Crippen LogP contribution in [0, 0.1) is 5.92 Å². The molecule has 0 radical (unpaired) electrons. The molecule has 0 aliphatic rings. The fourth-order valence-electron chi connectivity index (χ4n) is 3.82. The number of amides is 3. The number of methoxy groups -OCH3 is 1.